The fourth-order valence-electron chi connectivity index (χ4n) is 2.02. The first-order chi connectivity index (χ1) is 9.74. The Morgan fingerprint density at radius 1 is 1.25 bits per heavy atom. The molecule has 0 radical (unpaired) electrons. The van der Waals surface area contributed by atoms with Crippen LogP contribution in [0.5, 0.6) is 5.88 Å². The molecule has 102 valence electrons. The molecule has 2 heterocycles. The molecule has 0 amide bonds. The number of rotatable bonds is 3. The molecule has 2 aromatic heterocycles. The van der Waals surface area contributed by atoms with Crippen LogP contribution in [0.3, 0.4) is 0 Å². The van der Waals surface area contributed by atoms with Crippen molar-refractivity contribution in [2.75, 3.05) is 7.11 Å². The second kappa shape index (κ2) is 5.05. The summed E-state index contributed by atoms with van der Waals surface area (Å²) in [7, 11) is 1.51. The number of hydrogen-bond acceptors (Lipinski definition) is 4. The summed E-state index contributed by atoms with van der Waals surface area (Å²) in [5.41, 5.74) is 1.82. The van der Waals surface area contributed by atoms with Crippen molar-refractivity contribution >= 4 is 22.8 Å². The molecule has 0 saturated heterocycles. The van der Waals surface area contributed by atoms with E-state index in [1.165, 1.54) is 25.6 Å². The van der Waals surface area contributed by atoms with Crippen LogP contribution in [-0.2, 0) is 5.88 Å². The van der Waals surface area contributed by atoms with Crippen molar-refractivity contribution in [3.8, 4) is 11.6 Å². The van der Waals surface area contributed by atoms with Crippen LogP contribution in [0.2, 0.25) is 0 Å². The maximum atomic E-state index is 13.0. The van der Waals surface area contributed by atoms with E-state index in [0.29, 0.717) is 22.9 Å². The highest BCUT2D eigenvalue weighted by molar-refractivity contribution is 6.17. The highest BCUT2D eigenvalue weighted by Gasteiger charge is 2.16. The number of imidazole rings is 1. The Labute approximate surface area is 119 Å². The molecule has 0 saturated carbocycles. The maximum absolute atomic E-state index is 13.0. The van der Waals surface area contributed by atoms with E-state index in [0.717, 1.165) is 5.69 Å². The normalized spacial score (nSPS) is 10.9. The van der Waals surface area contributed by atoms with Gasteiger partial charge in [0.15, 0.2) is 11.2 Å². The van der Waals surface area contributed by atoms with E-state index < -0.39 is 0 Å². The Kier molecular flexibility index (Phi) is 3.23. The third-order valence-corrected chi connectivity index (χ3v) is 3.12. The first kappa shape index (κ1) is 12.8. The molecular weight excluding hydrogens is 283 g/mol. The molecule has 5 nitrogen and oxygen atoms in total. The minimum atomic E-state index is -0.308. The molecule has 0 atom stereocenters. The van der Waals surface area contributed by atoms with E-state index >= 15 is 0 Å². The van der Waals surface area contributed by atoms with E-state index in [1.807, 2.05) is 0 Å². The summed E-state index contributed by atoms with van der Waals surface area (Å²) in [4.78, 5) is 12.6. The van der Waals surface area contributed by atoms with Gasteiger partial charge in [0.05, 0.1) is 13.0 Å². The number of fused-ring (bicyclic) bond motifs is 1. The molecule has 0 unspecified atom stereocenters. The highest BCUT2D eigenvalue weighted by Crippen LogP contribution is 2.25. The van der Waals surface area contributed by atoms with Crippen molar-refractivity contribution in [3.05, 3.63) is 42.2 Å². The lowest BCUT2D eigenvalue weighted by Gasteiger charge is -2.06. The standard InChI is InChI=1S/C13H10ClFN4O/c1-20-13-11-12(16-7-17-13)19(10(6-14)18-11)9-4-2-8(15)3-5-9/h2-5,7H,6H2,1H3. The SMILES string of the molecule is COc1ncnc2c1nc(CCl)n2-c1ccc(F)cc1. The zero-order valence-corrected chi connectivity index (χ0v) is 11.3. The number of ether oxygens (including phenoxy) is 1. The van der Waals surface area contributed by atoms with Crippen molar-refractivity contribution in [2.45, 2.75) is 5.88 Å². The van der Waals surface area contributed by atoms with Gasteiger partial charge >= 0.3 is 0 Å². The van der Waals surface area contributed by atoms with Gasteiger partial charge < -0.3 is 4.74 Å². The van der Waals surface area contributed by atoms with E-state index in [9.17, 15) is 4.39 Å². The van der Waals surface area contributed by atoms with Crippen molar-refractivity contribution in [1.82, 2.24) is 19.5 Å². The van der Waals surface area contributed by atoms with E-state index in [4.69, 9.17) is 16.3 Å². The van der Waals surface area contributed by atoms with Crippen LogP contribution in [0.15, 0.2) is 30.6 Å². The van der Waals surface area contributed by atoms with E-state index in [-0.39, 0.29) is 11.7 Å². The number of hydrogen-bond donors (Lipinski definition) is 0. The van der Waals surface area contributed by atoms with Crippen molar-refractivity contribution in [2.24, 2.45) is 0 Å². The van der Waals surface area contributed by atoms with Crippen LogP contribution >= 0.6 is 11.6 Å². The number of methoxy groups -OCH3 is 1. The predicted molar refractivity (Wildman–Crippen MR) is 72.7 cm³/mol. The Hall–Kier alpha value is -2.21. The zero-order valence-electron chi connectivity index (χ0n) is 10.5. The Bertz CT molecular complexity index is 757. The average Bonchev–Trinajstić information content (AvgIpc) is 2.86. The molecule has 7 heteroatoms. The molecule has 0 fully saturated rings. The number of benzene rings is 1. The van der Waals surface area contributed by atoms with Gasteiger partial charge in [-0.05, 0) is 24.3 Å². The first-order valence-electron chi connectivity index (χ1n) is 5.83. The van der Waals surface area contributed by atoms with Crippen molar-refractivity contribution in [1.29, 1.82) is 0 Å². The average molecular weight is 293 g/mol. The zero-order chi connectivity index (χ0) is 14.1. The van der Waals surface area contributed by atoms with Gasteiger partial charge in [-0.25, -0.2) is 14.4 Å². The smallest absolute Gasteiger partial charge is 0.245 e. The fraction of sp³-hybridized carbons (Fsp3) is 0.154. The lowest BCUT2D eigenvalue weighted by Crippen LogP contribution is -2.00. The van der Waals surface area contributed by atoms with Gasteiger partial charge in [0.25, 0.3) is 0 Å². The van der Waals surface area contributed by atoms with Crippen LogP contribution in [0, 0.1) is 5.82 Å². The summed E-state index contributed by atoms with van der Waals surface area (Å²) in [5.74, 6) is 0.851. The van der Waals surface area contributed by atoms with E-state index in [2.05, 4.69) is 15.0 Å². The number of aromatic nitrogens is 4. The van der Waals surface area contributed by atoms with Gasteiger partial charge in [0, 0.05) is 5.69 Å². The molecule has 0 spiro atoms. The minimum absolute atomic E-state index is 0.191. The van der Waals surface area contributed by atoms with Crippen LogP contribution in [0.4, 0.5) is 4.39 Å². The molecular formula is C13H10ClFN4O. The molecule has 3 rings (SSSR count). The van der Waals surface area contributed by atoms with Crippen molar-refractivity contribution < 1.29 is 9.13 Å². The second-order valence-corrected chi connectivity index (χ2v) is 4.30. The van der Waals surface area contributed by atoms with E-state index in [1.54, 1.807) is 16.7 Å². The molecule has 0 bridgehead atoms. The molecule has 3 aromatic rings. The summed E-state index contributed by atoms with van der Waals surface area (Å²) < 4.78 is 20.0. The summed E-state index contributed by atoms with van der Waals surface area (Å²) in [6, 6.07) is 6.03. The maximum Gasteiger partial charge on any atom is 0.245 e. The lowest BCUT2D eigenvalue weighted by molar-refractivity contribution is 0.401. The highest BCUT2D eigenvalue weighted by atomic mass is 35.5. The molecule has 20 heavy (non-hydrogen) atoms. The largest absolute Gasteiger partial charge is 0.479 e. The van der Waals surface area contributed by atoms with Gasteiger partial charge in [0.1, 0.15) is 18.0 Å². The van der Waals surface area contributed by atoms with Crippen LogP contribution in [0.1, 0.15) is 5.82 Å². The third-order valence-electron chi connectivity index (χ3n) is 2.88. The van der Waals surface area contributed by atoms with Gasteiger partial charge in [-0.3, -0.25) is 4.57 Å². The Balaban J connectivity index is 2.30. The minimum Gasteiger partial charge on any atom is -0.479 e. The third kappa shape index (κ3) is 1.98. The molecule has 0 aliphatic heterocycles. The predicted octanol–water partition coefficient (Wildman–Crippen LogP) is 2.70. The van der Waals surface area contributed by atoms with Crippen molar-refractivity contribution in [3.63, 3.8) is 0 Å². The Morgan fingerprint density at radius 3 is 2.65 bits per heavy atom. The van der Waals surface area contributed by atoms with Crippen LogP contribution < -0.4 is 4.74 Å². The summed E-state index contributed by atoms with van der Waals surface area (Å²) >= 11 is 5.93. The van der Waals surface area contributed by atoms with Gasteiger partial charge in [0.2, 0.25) is 5.88 Å². The fourth-order valence-corrected chi connectivity index (χ4v) is 2.20. The molecule has 1 aromatic carbocycles. The first-order valence-corrected chi connectivity index (χ1v) is 6.36. The molecule has 0 aliphatic carbocycles. The van der Waals surface area contributed by atoms with Crippen LogP contribution in [-0.4, -0.2) is 26.6 Å². The number of alkyl halides is 1. The van der Waals surface area contributed by atoms with Gasteiger partial charge in [-0.1, -0.05) is 0 Å². The lowest BCUT2D eigenvalue weighted by atomic mass is 10.3. The molecule has 0 aliphatic rings. The van der Waals surface area contributed by atoms with Crippen LogP contribution in [0.25, 0.3) is 16.9 Å². The molecule has 0 N–H and O–H groups in total. The summed E-state index contributed by atoms with van der Waals surface area (Å²) in [5, 5.41) is 0. The van der Waals surface area contributed by atoms with Gasteiger partial charge in [-0.2, -0.15) is 4.98 Å². The monoisotopic (exact) mass is 292 g/mol. The summed E-state index contributed by atoms with van der Waals surface area (Å²) in [6.45, 7) is 0. The van der Waals surface area contributed by atoms with Gasteiger partial charge in [-0.15, -0.1) is 11.6 Å². The second-order valence-electron chi connectivity index (χ2n) is 4.03. The number of nitrogens with zero attached hydrogens (tertiary/aromatic N) is 4. The Morgan fingerprint density at radius 2 is 2.00 bits per heavy atom. The number of halogens is 2. The topological polar surface area (TPSA) is 52.8 Å². The summed E-state index contributed by atoms with van der Waals surface area (Å²) in [6.07, 6.45) is 1.39. The quantitative estimate of drug-likeness (QED) is 0.697.